The quantitative estimate of drug-likeness (QED) is 0.754. The Kier molecular flexibility index (Phi) is 3.38. The summed E-state index contributed by atoms with van der Waals surface area (Å²) >= 11 is 3.43. The Balaban J connectivity index is 2.09. The molecule has 1 aliphatic heterocycles. The monoisotopic (exact) mass is 319 g/mol. The molecule has 0 atom stereocenters. The first-order chi connectivity index (χ1) is 9.24. The molecule has 2 heterocycles. The van der Waals surface area contributed by atoms with E-state index in [0.29, 0.717) is 0 Å². The summed E-state index contributed by atoms with van der Waals surface area (Å²) in [7, 11) is 0. The van der Waals surface area contributed by atoms with Gasteiger partial charge in [-0.1, -0.05) is 12.1 Å². The molecular weight excluding hydrogens is 306 g/mol. The summed E-state index contributed by atoms with van der Waals surface area (Å²) in [4.78, 5) is 11.0. The molecule has 4 nitrogen and oxygen atoms in total. The third-order valence-electron chi connectivity index (χ3n) is 3.01. The first-order valence-electron chi connectivity index (χ1n) is 6.24. The highest BCUT2D eigenvalue weighted by Gasteiger charge is 2.19. The third-order valence-corrected chi connectivity index (χ3v) is 3.42. The number of anilines is 2. The highest BCUT2D eigenvalue weighted by Crippen LogP contribution is 2.35. The summed E-state index contributed by atoms with van der Waals surface area (Å²) < 4.78 is 6.57. The van der Waals surface area contributed by atoms with Crippen molar-refractivity contribution in [1.29, 1.82) is 0 Å². The summed E-state index contributed by atoms with van der Waals surface area (Å²) in [6.45, 7) is 3.52. The maximum absolute atomic E-state index is 5.76. The number of halogens is 1. The SMILES string of the molecule is Cc1nc(Br)cc(N2CCCOc3ccccc32)n1. The van der Waals surface area contributed by atoms with Gasteiger partial charge in [0.15, 0.2) is 0 Å². The number of benzene rings is 1. The predicted molar refractivity (Wildman–Crippen MR) is 78.0 cm³/mol. The third kappa shape index (κ3) is 2.56. The molecule has 0 saturated heterocycles. The highest BCUT2D eigenvalue weighted by atomic mass is 79.9. The highest BCUT2D eigenvalue weighted by molar-refractivity contribution is 9.10. The van der Waals surface area contributed by atoms with Crippen molar-refractivity contribution in [2.24, 2.45) is 0 Å². The molecule has 98 valence electrons. The van der Waals surface area contributed by atoms with Crippen molar-refractivity contribution in [1.82, 2.24) is 9.97 Å². The lowest BCUT2D eigenvalue weighted by Gasteiger charge is -2.23. The standard InChI is InChI=1S/C14H14BrN3O/c1-10-16-13(15)9-14(17-10)18-7-4-8-19-12-6-3-2-5-11(12)18/h2-3,5-6,9H,4,7-8H2,1H3. The molecule has 0 N–H and O–H groups in total. The fourth-order valence-corrected chi connectivity index (χ4v) is 2.68. The Morgan fingerprint density at radius 3 is 2.95 bits per heavy atom. The van der Waals surface area contributed by atoms with Gasteiger partial charge in [-0.15, -0.1) is 0 Å². The molecule has 1 aromatic heterocycles. The van der Waals surface area contributed by atoms with Gasteiger partial charge >= 0.3 is 0 Å². The number of fused-ring (bicyclic) bond motifs is 1. The Labute approximate surface area is 120 Å². The van der Waals surface area contributed by atoms with Crippen molar-refractivity contribution in [2.75, 3.05) is 18.1 Å². The average Bonchev–Trinajstić information content (AvgIpc) is 2.59. The van der Waals surface area contributed by atoms with Gasteiger partial charge in [0.2, 0.25) is 0 Å². The Morgan fingerprint density at radius 1 is 1.26 bits per heavy atom. The molecule has 0 unspecified atom stereocenters. The van der Waals surface area contributed by atoms with Crippen molar-refractivity contribution in [3.63, 3.8) is 0 Å². The van der Waals surface area contributed by atoms with Crippen molar-refractivity contribution in [2.45, 2.75) is 13.3 Å². The van der Waals surface area contributed by atoms with Gasteiger partial charge in [0.1, 0.15) is 22.0 Å². The number of aromatic nitrogens is 2. The Bertz CT molecular complexity index is 583. The van der Waals surface area contributed by atoms with Crippen LogP contribution >= 0.6 is 15.9 Å². The number of hydrogen-bond acceptors (Lipinski definition) is 4. The minimum absolute atomic E-state index is 0.735. The van der Waals surface area contributed by atoms with Gasteiger partial charge in [-0.25, -0.2) is 9.97 Å². The lowest BCUT2D eigenvalue weighted by Crippen LogP contribution is -2.19. The predicted octanol–water partition coefficient (Wildman–Crippen LogP) is 3.47. The van der Waals surface area contributed by atoms with E-state index in [1.807, 2.05) is 31.2 Å². The second-order valence-electron chi connectivity index (χ2n) is 4.42. The second-order valence-corrected chi connectivity index (χ2v) is 5.23. The van der Waals surface area contributed by atoms with E-state index in [2.05, 4.69) is 36.9 Å². The molecule has 0 radical (unpaired) electrons. The molecule has 0 aliphatic carbocycles. The topological polar surface area (TPSA) is 38.2 Å². The van der Waals surface area contributed by atoms with Crippen LogP contribution in [0.1, 0.15) is 12.2 Å². The first kappa shape index (κ1) is 12.4. The van der Waals surface area contributed by atoms with Gasteiger partial charge in [0, 0.05) is 12.6 Å². The minimum atomic E-state index is 0.735. The van der Waals surface area contributed by atoms with Gasteiger partial charge in [-0.05, 0) is 41.4 Å². The summed E-state index contributed by atoms with van der Waals surface area (Å²) in [5.41, 5.74) is 1.06. The van der Waals surface area contributed by atoms with Crippen molar-refractivity contribution in [3.8, 4) is 5.75 Å². The van der Waals surface area contributed by atoms with Gasteiger partial charge < -0.3 is 9.64 Å². The van der Waals surface area contributed by atoms with E-state index in [9.17, 15) is 0 Å². The lowest BCUT2D eigenvalue weighted by molar-refractivity contribution is 0.322. The zero-order valence-corrected chi connectivity index (χ0v) is 12.2. The molecular formula is C14H14BrN3O. The van der Waals surface area contributed by atoms with E-state index in [-0.39, 0.29) is 0 Å². The van der Waals surface area contributed by atoms with Crippen LogP contribution in [0.5, 0.6) is 5.75 Å². The average molecular weight is 320 g/mol. The van der Waals surface area contributed by atoms with Crippen LogP contribution < -0.4 is 9.64 Å². The number of nitrogens with zero attached hydrogens (tertiary/aromatic N) is 3. The first-order valence-corrected chi connectivity index (χ1v) is 7.04. The van der Waals surface area contributed by atoms with E-state index < -0.39 is 0 Å². The Morgan fingerprint density at radius 2 is 2.11 bits per heavy atom. The molecule has 3 rings (SSSR count). The van der Waals surface area contributed by atoms with Gasteiger partial charge in [-0.2, -0.15) is 0 Å². The molecule has 0 amide bonds. The van der Waals surface area contributed by atoms with Crippen LogP contribution in [0.4, 0.5) is 11.5 Å². The van der Waals surface area contributed by atoms with Crippen LogP contribution in [0.15, 0.2) is 34.9 Å². The maximum Gasteiger partial charge on any atom is 0.142 e. The van der Waals surface area contributed by atoms with Crippen molar-refractivity contribution < 1.29 is 4.74 Å². The van der Waals surface area contributed by atoms with Crippen LogP contribution in [0.3, 0.4) is 0 Å². The minimum Gasteiger partial charge on any atom is -0.491 e. The second kappa shape index (κ2) is 5.17. The lowest BCUT2D eigenvalue weighted by atomic mass is 10.2. The van der Waals surface area contributed by atoms with E-state index in [1.165, 1.54) is 0 Å². The molecule has 0 saturated carbocycles. The van der Waals surface area contributed by atoms with Gasteiger partial charge in [0.25, 0.3) is 0 Å². The largest absolute Gasteiger partial charge is 0.491 e. The van der Waals surface area contributed by atoms with E-state index >= 15 is 0 Å². The van der Waals surface area contributed by atoms with Gasteiger partial charge in [0.05, 0.1) is 12.3 Å². The van der Waals surface area contributed by atoms with Crippen LogP contribution in [-0.2, 0) is 0 Å². The van der Waals surface area contributed by atoms with Crippen LogP contribution in [0.25, 0.3) is 0 Å². The fraction of sp³-hybridized carbons (Fsp3) is 0.286. The Hall–Kier alpha value is -1.62. The summed E-state index contributed by atoms with van der Waals surface area (Å²) in [5.74, 6) is 2.57. The molecule has 1 aromatic carbocycles. The van der Waals surface area contributed by atoms with Crippen LogP contribution in [-0.4, -0.2) is 23.1 Å². The van der Waals surface area contributed by atoms with Crippen LogP contribution in [0.2, 0.25) is 0 Å². The normalized spacial score (nSPS) is 14.5. The van der Waals surface area contributed by atoms with E-state index in [1.54, 1.807) is 0 Å². The van der Waals surface area contributed by atoms with Crippen molar-refractivity contribution in [3.05, 3.63) is 40.8 Å². The maximum atomic E-state index is 5.76. The van der Waals surface area contributed by atoms with Gasteiger partial charge in [-0.3, -0.25) is 0 Å². The molecule has 5 heteroatoms. The van der Waals surface area contributed by atoms with E-state index in [4.69, 9.17) is 4.74 Å². The zero-order valence-electron chi connectivity index (χ0n) is 10.6. The van der Waals surface area contributed by atoms with Crippen LogP contribution in [0, 0.1) is 6.92 Å². The molecule has 2 aromatic rings. The molecule has 1 aliphatic rings. The number of hydrogen-bond donors (Lipinski definition) is 0. The molecule has 0 fully saturated rings. The number of para-hydroxylation sites is 2. The fourth-order valence-electron chi connectivity index (χ4n) is 2.22. The molecule has 0 bridgehead atoms. The summed E-state index contributed by atoms with van der Waals surface area (Å²) in [6, 6.07) is 10.0. The molecule has 19 heavy (non-hydrogen) atoms. The van der Waals surface area contributed by atoms with E-state index in [0.717, 1.165) is 47.3 Å². The summed E-state index contributed by atoms with van der Waals surface area (Å²) in [5, 5.41) is 0. The van der Waals surface area contributed by atoms with Crippen molar-refractivity contribution >= 4 is 27.4 Å². The zero-order chi connectivity index (χ0) is 13.2. The smallest absolute Gasteiger partial charge is 0.142 e. The number of rotatable bonds is 1. The number of aryl methyl sites for hydroxylation is 1. The number of ether oxygens (including phenoxy) is 1. The summed E-state index contributed by atoms with van der Waals surface area (Å²) in [6.07, 6.45) is 0.968. The molecule has 0 spiro atoms.